The van der Waals surface area contributed by atoms with E-state index in [1.54, 1.807) is 0 Å². The van der Waals surface area contributed by atoms with Gasteiger partial charge in [-0.05, 0) is 0 Å². The molecule has 178 valence electrons. The van der Waals surface area contributed by atoms with E-state index in [2.05, 4.69) is 0 Å². The molecule has 0 aliphatic heterocycles. The highest BCUT2D eigenvalue weighted by Gasteiger charge is 2.16. The lowest BCUT2D eigenvalue weighted by Crippen LogP contribution is -2.24. The Morgan fingerprint density at radius 3 is 0.900 bits per heavy atom. The molecular weight excluding hydrogens is 408 g/mol. The molecule has 12 heteroatoms. The Kier molecular flexibility index (Phi) is 22.8. The quantitative estimate of drug-likeness (QED) is 0.110. The van der Waals surface area contributed by atoms with E-state index in [1.807, 2.05) is 0 Å². The maximum atomic E-state index is 11.4. The van der Waals surface area contributed by atoms with E-state index in [0.29, 0.717) is 52.9 Å². The Hall–Kier alpha value is -1.38. The lowest BCUT2D eigenvalue weighted by Gasteiger charge is -2.08. The third kappa shape index (κ3) is 21.3. The van der Waals surface area contributed by atoms with Crippen LogP contribution in [0.4, 0.5) is 0 Å². The highest BCUT2D eigenvalue weighted by molar-refractivity contribution is 6.29. The fourth-order valence-corrected chi connectivity index (χ4v) is 1.72. The summed E-state index contributed by atoms with van der Waals surface area (Å²) in [5.41, 5.74) is 0. The van der Waals surface area contributed by atoms with E-state index < -0.39 is 11.9 Å². The number of rotatable bonds is 22. The van der Waals surface area contributed by atoms with Crippen molar-refractivity contribution < 1.29 is 57.7 Å². The molecule has 0 amide bonds. The summed E-state index contributed by atoms with van der Waals surface area (Å²) in [6.45, 7) is 3.45. The van der Waals surface area contributed by atoms with Crippen LogP contribution in [-0.4, -0.2) is 128 Å². The van der Waals surface area contributed by atoms with Gasteiger partial charge in [-0.1, -0.05) is 0 Å². The molecule has 2 N–H and O–H groups in total. The van der Waals surface area contributed by atoms with E-state index in [0.717, 1.165) is 0 Å². The highest BCUT2D eigenvalue weighted by Crippen LogP contribution is 1.88. The van der Waals surface area contributed by atoms with Gasteiger partial charge in [0.25, 0.3) is 0 Å². The van der Waals surface area contributed by atoms with Gasteiger partial charge in [-0.3, -0.25) is 0 Å². The summed E-state index contributed by atoms with van der Waals surface area (Å²) in [5, 5.41) is 17.0. The average Bonchev–Trinajstić information content (AvgIpc) is 2.75. The lowest BCUT2D eigenvalue weighted by atomic mass is 10.6. The van der Waals surface area contributed by atoms with Crippen molar-refractivity contribution in [1.29, 1.82) is 0 Å². The summed E-state index contributed by atoms with van der Waals surface area (Å²) in [6, 6.07) is 0. The second-order valence-corrected chi connectivity index (χ2v) is 5.39. The smallest absolute Gasteiger partial charge is 0.417 e. The number of hydrogen-bond donors (Lipinski definition) is 2. The molecule has 30 heavy (non-hydrogen) atoms. The summed E-state index contributed by atoms with van der Waals surface area (Å²) >= 11 is 0. The lowest BCUT2D eigenvalue weighted by molar-refractivity contribution is -0.169. The molecule has 0 radical (unpaired) electrons. The standard InChI is InChI=1S/C18H34O12/c19-1-3-23-5-7-25-9-11-27-13-15-29-17(21)18(22)30-16-14-28-12-10-26-8-6-24-4-2-20/h19-20H,1-16H2. The Morgan fingerprint density at radius 2 is 0.633 bits per heavy atom. The predicted octanol–water partition coefficient (Wildman–Crippen LogP) is -1.84. The van der Waals surface area contributed by atoms with Crippen molar-refractivity contribution in [2.75, 3.05) is 106 Å². The summed E-state index contributed by atoms with van der Waals surface area (Å²) in [4.78, 5) is 22.8. The zero-order valence-electron chi connectivity index (χ0n) is 17.3. The van der Waals surface area contributed by atoms with Crippen molar-refractivity contribution in [2.24, 2.45) is 0 Å². The van der Waals surface area contributed by atoms with Crippen molar-refractivity contribution in [3.05, 3.63) is 0 Å². The van der Waals surface area contributed by atoms with Crippen LogP contribution in [0, 0.1) is 0 Å². The molecule has 0 spiro atoms. The Bertz CT molecular complexity index is 357. The van der Waals surface area contributed by atoms with Crippen LogP contribution >= 0.6 is 0 Å². The Labute approximate surface area is 176 Å². The molecule has 0 aliphatic rings. The average molecular weight is 442 g/mol. The summed E-state index contributed by atoms with van der Waals surface area (Å²) < 4.78 is 40.2. The molecule has 12 nitrogen and oxygen atoms in total. The molecule has 0 bridgehead atoms. The topological polar surface area (TPSA) is 148 Å². The molecule has 0 saturated carbocycles. The molecule has 0 aliphatic carbocycles. The van der Waals surface area contributed by atoms with Gasteiger partial charge in [-0.25, -0.2) is 9.59 Å². The molecule has 0 saturated heterocycles. The largest absolute Gasteiger partial charge is 0.455 e. The minimum Gasteiger partial charge on any atom is -0.455 e. The third-order valence-electron chi connectivity index (χ3n) is 3.05. The molecule has 0 fully saturated rings. The predicted molar refractivity (Wildman–Crippen MR) is 101 cm³/mol. The number of hydrogen-bond acceptors (Lipinski definition) is 12. The number of ether oxygens (including phenoxy) is 8. The minimum absolute atomic E-state index is 0.0249. The van der Waals surface area contributed by atoms with E-state index in [1.165, 1.54) is 0 Å². The van der Waals surface area contributed by atoms with Gasteiger partial charge in [-0.2, -0.15) is 0 Å². The second kappa shape index (κ2) is 23.9. The number of carbonyl (C=O) groups is 2. The van der Waals surface area contributed by atoms with Crippen molar-refractivity contribution in [1.82, 2.24) is 0 Å². The van der Waals surface area contributed by atoms with E-state index >= 15 is 0 Å². The van der Waals surface area contributed by atoms with Crippen molar-refractivity contribution in [3.8, 4) is 0 Å². The van der Waals surface area contributed by atoms with Crippen LogP contribution in [0.25, 0.3) is 0 Å². The summed E-state index contributed by atoms with van der Waals surface area (Å²) in [7, 11) is 0. The molecule has 0 heterocycles. The minimum atomic E-state index is -1.10. The van der Waals surface area contributed by atoms with Crippen molar-refractivity contribution in [2.45, 2.75) is 0 Å². The number of aliphatic hydroxyl groups excluding tert-OH is 2. The molecule has 0 atom stereocenters. The van der Waals surface area contributed by atoms with Gasteiger partial charge in [-0.15, -0.1) is 0 Å². The van der Waals surface area contributed by atoms with Gasteiger partial charge in [0.1, 0.15) is 13.2 Å². The maximum Gasteiger partial charge on any atom is 0.417 e. The Morgan fingerprint density at radius 1 is 0.400 bits per heavy atom. The zero-order chi connectivity index (χ0) is 22.1. The first-order valence-corrected chi connectivity index (χ1v) is 9.74. The van der Waals surface area contributed by atoms with Crippen LogP contribution < -0.4 is 0 Å². The van der Waals surface area contributed by atoms with Gasteiger partial charge >= 0.3 is 11.9 Å². The highest BCUT2D eigenvalue weighted by atomic mass is 16.6. The van der Waals surface area contributed by atoms with Crippen molar-refractivity contribution >= 4 is 11.9 Å². The van der Waals surface area contributed by atoms with Crippen LogP contribution in [0.1, 0.15) is 0 Å². The van der Waals surface area contributed by atoms with Gasteiger partial charge in [0.2, 0.25) is 0 Å². The van der Waals surface area contributed by atoms with Crippen LogP contribution in [-0.2, 0) is 47.5 Å². The molecule has 0 aromatic rings. The summed E-state index contributed by atoms with van der Waals surface area (Å²) in [5.74, 6) is -2.19. The van der Waals surface area contributed by atoms with Crippen LogP contribution in [0.3, 0.4) is 0 Å². The summed E-state index contributed by atoms with van der Waals surface area (Å²) in [6.07, 6.45) is 0. The second-order valence-electron chi connectivity index (χ2n) is 5.39. The fraction of sp³-hybridized carbons (Fsp3) is 0.889. The molecule has 0 aromatic heterocycles. The van der Waals surface area contributed by atoms with Crippen molar-refractivity contribution in [3.63, 3.8) is 0 Å². The first-order chi connectivity index (χ1) is 14.7. The molecule has 0 aromatic carbocycles. The maximum absolute atomic E-state index is 11.4. The van der Waals surface area contributed by atoms with Crippen LogP contribution in [0.5, 0.6) is 0 Å². The third-order valence-corrected chi connectivity index (χ3v) is 3.05. The number of esters is 2. The van der Waals surface area contributed by atoms with Gasteiger partial charge in [0, 0.05) is 0 Å². The zero-order valence-corrected chi connectivity index (χ0v) is 17.3. The SMILES string of the molecule is O=C(OCCOCCOCCOCCO)C(=O)OCCOCCOCCOCCO. The van der Waals surface area contributed by atoms with Crippen LogP contribution in [0.15, 0.2) is 0 Å². The first-order valence-electron chi connectivity index (χ1n) is 9.74. The number of aliphatic hydroxyl groups is 2. The van der Waals surface area contributed by atoms with Gasteiger partial charge in [0.15, 0.2) is 0 Å². The molecular formula is C18H34O12. The Balaban J connectivity index is 3.32. The van der Waals surface area contributed by atoms with Gasteiger partial charge in [0.05, 0.1) is 92.5 Å². The number of carbonyl (C=O) groups excluding carboxylic acids is 2. The molecule has 0 unspecified atom stereocenters. The van der Waals surface area contributed by atoms with Crippen LogP contribution in [0.2, 0.25) is 0 Å². The van der Waals surface area contributed by atoms with Gasteiger partial charge < -0.3 is 48.1 Å². The monoisotopic (exact) mass is 442 g/mol. The first kappa shape index (κ1) is 28.6. The normalized spacial score (nSPS) is 10.9. The van der Waals surface area contributed by atoms with E-state index in [9.17, 15) is 9.59 Å². The molecule has 0 rings (SSSR count). The fourth-order valence-electron chi connectivity index (χ4n) is 1.72. The van der Waals surface area contributed by atoms with E-state index in [4.69, 9.17) is 48.1 Å². The van der Waals surface area contributed by atoms with E-state index in [-0.39, 0.29) is 52.9 Å².